The Balaban J connectivity index is 1.30. The van der Waals surface area contributed by atoms with Crippen LogP contribution in [0, 0.1) is 0 Å². The Labute approximate surface area is 194 Å². The SMILES string of the molecule is O=C(OCC(=O)n1c2ccccc2c2ccccc21)c1ccccc1-c1nc2ccccc2o1. The summed E-state index contributed by atoms with van der Waals surface area (Å²) >= 11 is 0. The quantitative estimate of drug-likeness (QED) is 0.306. The minimum Gasteiger partial charge on any atom is -0.452 e. The number of benzene rings is 4. The van der Waals surface area contributed by atoms with Crippen LogP contribution < -0.4 is 0 Å². The summed E-state index contributed by atoms with van der Waals surface area (Å²) in [5, 5.41) is 1.94. The molecule has 0 N–H and O–H groups in total. The molecule has 0 unspecified atom stereocenters. The number of nitrogens with zero attached hydrogens (tertiary/aromatic N) is 2. The van der Waals surface area contributed by atoms with Crippen molar-refractivity contribution in [2.75, 3.05) is 6.61 Å². The molecule has 0 amide bonds. The van der Waals surface area contributed by atoms with Crippen molar-refractivity contribution >= 4 is 44.8 Å². The van der Waals surface area contributed by atoms with Crippen LogP contribution in [0.4, 0.5) is 0 Å². The molecule has 0 radical (unpaired) electrons. The van der Waals surface area contributed by atoms with E-state index in [0.29, 0.717) is 22.6 Å². The van der Waals surface area contributed by atoms with Crippen LogP contribution in [0.25, 0.3) is 44.4 Å². The number of carbonyl (C=O) groups is 2. The van der Waals surface area contributed by atoms with E-state index in [4.69, 9.17) is 9.15 Å². The van der Waals surface area contributed by atoms with Gasteiger partial charge in [0, 0.05) is 10.8 Å². The van der Waals surface area contributed by atoms with E-state index in [1.807, 2.05) is 72.8 Å². The van der Waals surface area contributed by atoms with Crippen molar-refractivity contribution in [1.82, 2.24) is 9.55 Å². The molecule has 6 heteroatoms. The average molecular weight is 446 g/mol. The van der Waals surface area contributed by atoms with E-state index in [1.54, 1.807) is 28.8 Å². The second-order valence-electron chi connectivity index (χ2n) is 7.87. The third-order valence-corrected chi connectivity index (χ3v) is 5.83. The van der Waals surface area contributed by atoms with Gasteiger partial charge in [0.15, 0.2) is 12.2 Å². The minimum atomic E-state index is -0.619. The zero-order valence-corrected chi connectivity index (χ0v) is 18.0. The fourth-order valence-electron chi connectivity index (χ4n) is 4.30. The van der Waals surface area contributed by atoms with Crippen LogP contribution in [0.5, 0.6) is 0 Å². The van der Waals surface area contributed by atoms with Crippen molar-refractivity contribution in [2.45, 2.75) is 0 Å². The minimum absolute atomic E-state index is 0.282. The van der Waals surface area contributed by atoms with Crippen LogP contribution in [0.2, 0.25) is 0 Å². The molecule has 2 heterocycles. The summed E-state index contributed by atoms with van der Waals surface area (Å²) in [5.74, 6) is -0.625. The van der Waals surface area contributed by atoms with Crippen molar-refractivity contribution < 1.29 is 18.7 Å². The average Bonchev–Trinajstić information content (AvgIpc) is 3.46. The first-order chi connectivity index (χ1) is 16.7. The highest BCUT2D eigenvalue weighted by Gasteiger charge is 2.21. The van der Waals surface area contributed by atoms with E-state index in [1.165, 1.54) is 0 Å². The molecule has 0 spiro atoms. The summed E-state index contributed by atoms with van der Waals surface area (Å²) in [6.07, 6.45) is 0. The molecule has 0 fully saturated rings. The molecule has 0 aliphatic rings. The topological polar surface area (TPSA) is 74.3 Å². The Bertz CT molecular complexity index is 1620. The lowest BCUT2D eigenvalue weighted by Gasteiger charge is -2.09. The molecule has 6 aromatic rings. The summed E-state index contributed by atoms with van der Waals surface area (Å²) in [7, 11) is 0. The molecule has 6 nitrogen and oxygen atoms in total. The van der Waals surface area contributed by atoms with E-state index in [-0.39, 0.29) is 11.5 Å². The molecule has 4 aromatic carbocycles. The van der Waals surface area contributed by atoms with E-state index in [2.05, 4.69) is 4.98 Å². The summed E-state index contributed by atoms with van der Waals surface area (Å²) in [6, 6.07) is 29.7. The van der Waals surface area contributed by atoms with E-state index < -0.39 is 12.6 Å². The highest BCUT2D eigenvalue weighted by atomic mass is 16.5. The smallest absolute Gasteiger partial charge is 0.339 e. The lowest BCUT2D eigenvalue weighted by Crippen LogP contribution is -2.20. The second-order valence-corrected chi connectivity index (χ2v) is 7.87. The molecule has 164 valence electrons. The van der Waals surface area contributed by atoms with Crippen molar-refractivity contribution in [3.63, 3.8) is 0 Å². The van der Waals surface area contributed by atoms with E-state index in [9.17, 15) is 9.59 Å². The number of esters is 1. The van der Waals surface area contributed by atoms with Gasteiger partial charge in [0.05, 0.1) is 22.2 Å². The van der Waals surface area contributed by atoms with Gasteiger partial charge in [0.25, 0.3) is 5.91 Å². The van der Waals surface area contributed by atoms with Gasteiger partial charge < -0.3 is 9.15 Å². The predicted octanol–water partition coefficient (Wildman–Crippen LogP) is 6.10. The van der Waals surface area contributed by atoms with Gasteiger partial charge in [-0.2, -0.15) is 0 Å². The first-order valence-corrected chi connectivity index (χ1v) is 10.8. The van der Waals surface area contributed by atoms with Crippen LogP contribution in [0.15, 0.2) is 101 Å². The number of fused-ring (bicyclic) bond motifs is 4. The molecule has 34 heavy (non-hydrogen) atoms. The Morgan fingerprint density at radius 1 is 0.765 bits per heavy atom. The number of rotatable bonds is 4. The lowest BCUT2D eigenvalue weighted by molar-refractivity contribution is 0.0452. The maximum atomic E-state index is 13.2. The summed E-state index contributed by atoms with van der Waals surface area (Å²) < 4.78 is 12.9. The standard InChI is InChI=1S/C28H18N2O4/c31-26(30-23-14-6-3-9-18(23)19-10-4-7-15-24(19)30)17-33-28(32)21-12-2-1-11-20(21)27-29-22-13-5-8-16-25(22)34-27/h1-16H,17H2. The number of carbonyl (C=O) groups excluding carboxylic acids is 2. The van der Waals surface area contributed by atoms with Crippen LogP contribution >= 0.6 is 0 Å². The lowest BCUT2D eigenvalue weighted by atomic mass is 10.1. The zero-order chi connectivity index (χ0) is 23.1. The van der Waals surface area contributed by atoms with Gasteiger partial charge in [0.1, 0.15) is 5.52 Å². The van der Waals surface area contributed by atoms with Gasteiger partial charge in [0.2, 0.25) is 5.89 Å². The van der Waals surface area contributed by atoms with Crippen molar-refractivity contribution in [3.05, 3.63) is 103 Å². The van der Waals surface area contributed by atoms with Crippen LogP contribution in [0.1, 0.15) is 15.2 Å². The third kappa shape index (κ3) is 3.24. The first kappa shape index (κ1) is 19.9. The first-order valence-electron chi connectivity index (χ1n) is 10.8. The molecule has 0 aliphatic heterocycles. The number of hydrogen-bond acceptors (Lipinski definition) is 5. The number of para-hydroxylation sites is 4. The molecular weight excluding hydrogens is 428 g/mol. The van der Waals surface area contributed by atoms with Gasteiger partial charge >= 0.3 is 5.97 Å². The normalized spacial score (nSPS) is 11.3. The summed E-state index contributed by atoms with van der Waals surface area (Å²) in [5.41, 5.74) is 3.66. The maximum Gasteiger partial charge on any atom is 0.339 e. The molecule has 0 aliphatic carbocycles. The van der Waals surface area contributed by atoms with Crippen molar-refractivity contribution in [2.24, 2.45) is 0 Å². The van der Waals surface area contributed by atoms with E-state index in [0.717, 1.165) is 21.8 Å². The van der Waals surface area contributed by atoms with Crippen LogP contribution in [-0.2, 0) is 4.74 Å². The largest absolute Gasteiger partial charge is 0.452 e. The predicted molar refractivity (Wildman–Crippen MR) is 130 cm³/mol. The molecule has 6 rings (SSSR count). The van der Waals surface area contributed by atoms with Crippen molar-refractivity contribution in [1.29, 1.82) is 0 Å². The van der Waals surface area contributed by atoms with Crippen LogP contribution in [-0.4, -0.2) is 28.0 Å². The van der Waals surface area contributed by atoms with Gasteiger partial charge in [-0.1, -0.05) is 60.7 Å². The number of aromatic nitrogens is 2. The Kier molecular flexibility index (Phi) is 4.70. The van der Waals surface area contributed by atoms with Crippen molar-refractivity contribution in [3.8, 4) is 11.5 Å². The Hall–Kier alpha value is -4.71. The fourth-order valence-corrected chi connectivity index (χ4v) is 4.30. The van der Waals surface area contributed by atoms with Gasteiger partial charge in [-0.05, 0) is 36.4 Å². The number of hydrogen-bond donors (Lipinski definition) is 0. The van der Waals surface area contributed by atoms with E-state index >= 15 is 0 Å². The summed E-state index contributed by atoms with van der Waals surface area (Å²) in [4.78, 5) is 30.7. The number of ether oxygens (including phenoxy) is 1. The van der Waals surface area contributed by atoms with Gasteiger partial charge in [-0.3, -0.25) is 9.36 Å². The maximum absolute atomic E-state index is 13.2. The Morgan fingerprint density at radius 3 is 2.12 bits per heavy atom. The molecule has 0 saturated heterocycles. The summed E-state index contributed by atoms with van der Waals surface area (Å²) in [6.45, 7) is -0.399. The van der Waals surface area contributed by atoms with Crippen LogP contribution in [0.3, 0.4) is 0 Å². The van der Waals surface area contributed by atoms with Gasteiger partial charge in [-0.25, -0.2) is 9.78 Å². The molecular formula is C28H18N2O4. The highest BCUT2D eigenvalue weighted by molar-refractivity contribution is 6.13. The molecule has 0 bridgehead atoms. The fraction of sp³-hybridized carbons (Fsp3) is 0.0357. The zero-order valence-electron chi connectivity index (χ0n) is 18.0. The number of oxazole rings is 1. The second kappa shape index (κ2) is 8.01. The molecule has 2 aromatic heterocycles. The van der Waals surface area contributed by atoms with Gasteiger partial charge in [-0.15, -0.1) is 0 Å². The molecule has 0 atom stereocenters. The molecule has 0 saturated carbocycles. The Morgan fingerprint density at radius 2 is 1.38 bits per heavy atom. The monoisotopic (exact) mass is 446 g/mol. The third-order valence-electron chi connectivity index (χ3n) is 5.83. The highest BCUT2D eigenvalue weighted by Crippen LogP contribution is 2.29.